The molecule has 5 heteroatoms. The summed E-state index contributed by atoms with van der Waals surface area (Å²) >= 11 is 5.96. The van der Waals surface area contributed by atoms with E-state index in [1.165, 1.54) is 0 Å². The number of nitrogens with zero attached hydrogens (tertiary/aromatic N) is 2. The second-order valence-corrected chi connectivity index (χ2v) is 5.23. The van der Waals surface area contributed by atoms with Gasteiger partial charge in [-0.2, -0.15) is 5.10 Å². The van der Waals surface area contributed by atoms with Gasteiger partial charge in [0.25, 0.3) is 0 Å². The number of fused-ring (bicyclic) bond motifs is 1. The zero-order valence-electron chi connectivity index (χ0n) is 9.65. The van der Waals surface area contributed by atoms with Crippen molar-refractivity contribution in [2.45, 2.75) is 33.1 Å². The van der Waals surface area contributed by atoms with Crippen LogP contribution >= 0.6 is 11.6 Å². The largest absolute Gasteiger partial charge is 0.259 e. The van der Waals surface area contributed by atoms with Crippen LogP contribution in [0.1, 0.15) is 32.0 Å². The third kappa shape index (κ3) is 1.57. The van der Waals surface area contributed by atoms with Crippen LogP contribution in [0.15, 0.2) is 0 Å². The van der Waals surface area contributed by atoms with Gasteiger partial charge in [0.1, 0.15) is 5.82 Å². The predicted octanol–water partition coefficient (Wildman–Crippen LogP) is 3.36. The predicted molar refractivity (Wildman–Crippen MR) is 62.3 cm³/mol. The molecule has 0 fully saturated rings. The number of rotatable bonds is 0. The van der Waals surface area contributed by atoms with Crippen molar-refractivity contribution in [1.82, 2.24) is 15.2 Å². The molecule has 3 nitrogen and oxygen atoms in total. The van der Waals surface area contributed by atoms with Crippen LogP contribution in [-0.4, -0.2) is 15.2 Å². The minimum atomic E-state index is -0.344. The van der Waals surface area contributed by atoms with Crippen molar-refractivity contribution in [1.29, 1.82) is 0 Å². The minimum absolute atomic E-state index is 0.270. The molecule has 86 valence electrons. The third-order valence-corrected chi connectivity index (χ3v) is 2.79. The molecular formula is C11H13ClFN3. The summed E-state index contributed by atoms with van der Waals surface area (Å²) in [6.07, 6.45) is 0. The molecule has 16 heavy (non-hydrogen) atoms. The lowest BCUT2D eigenvalue weighted by Crippen LogP contribution is -2.15. The SMILES string of the molecule is Cc1nc2[nH]nc(Cl)c2c(C(C)(C)C)c1F. The van der Waals surface area contributed by atoms with Crippen molar-refractivity contribution < 1.29 is 4.39 Å². The van der Waals surface area contributed by atoms with E-state index in [1.807, 2.05) is 20.8 Å². The van der Waals surface area contributed by atoms with Crippen LogP contribution in [0.5, 0.6) is 0 Å². The number of hydrogen-bond donors (Lipinski definition) is 1. The lowest BCUT2D eigenvalue weighted by atomic mass is 9.85. The quantitative estimate of drug-likeness (QED) is 0.769. The van der Waals surface area contributed by atoms with Crippen molar-refractivity contribution in [2.75, 3.05) is 0 Å². The first-order chi connectivity index (χ1) is 7.32. The molecule has 2 aromatic heterocycles. The fraction of sp³-hybridized carbons (Fsp3) is 0.455. The van der Waals surface area contributed by atoms with Crippen LogP contribution < -0.4 is 0 Å². The van der Waals surface area contributed by atoms with E-state index in [1.54, 1.807) is 6.92 Å². The van der Waals surface area contributed by atoms with Crippen molar-refractivity contribution in [3.63, 3.8) is 0 Å². The topological polar surface area (TPSA) is 41.6 Å². The number of nitrogens with one attached hydrogen (secondary N) is 1. The lowest BCUT2D eigenvalue weighted by Gasteiger charge is -2.21. The molecule has 1 N–H and O–H groups in total. The summed E-state index contributed by atoms with van der Waals surface area (Å²) in [5.74, 6) is -0.302. The normalized spacial score (nSPS) is 12.4. The van der Waals surface area contributed by atoms with Gasteiger partial charge in [0, 0.05) is 5.56 Å². The Morgan fingerprint density at radius 2 is 1.94 bits per heavy atom. The molecule has 0 atom stereocenters. The molecule has 0 amide bonds. The van der Waals surface area contributed by atoms with Crippen LogP contribution in [0, 0.1) is 12.7 Å². The number of pyridine rings is 1. The molecule has 0 saturated carbocycles. The zero-order chi connectivity index (χ0) is 12.1. The van der Waals surface area contributed by atoms with E-state index >= 15 is 0 Å². The van der Waals surface area contributed by atoms with E-state index in [2.05, 4.69) is 15.2 Å². The van der Waals surface area contributed by atoms with Gasteiger partial charge in [-0.1, -0.05) is 32.4 Å². The monoisotopic (exact) mass is 241 g/mol. The van der Waals surface area contributed by atoms with Gasteiger partial charge in [0.2, 0.25) is 0 Å². The van der Waals surface area contributed by atoms with E-state index in [-0.39, 0.29) is 16.4 Å². The summed E-state index contributed by atoms with van der Waals surface area (Å²) in [6, 6.07) is 0. The van der Waals surface area contributed by atoms with E-state index in [0.717, 1.165) is 0 Å². The van der Waals surface area contributed by atoms with Crippen LogP contribution in [0.2, 0.25) is 5.15 Å². The van der Waals surface area contributed by atoms with Gasteiger partial charge in [0.05, 0.1) is 11.1 Å². The average Bonchev–Trinajstić information content (AvgIpc) is 2.47. The van der Waals surface area contributed by atoms with Gasteiger partial charge in [-0.05, 0) is 12.3 Å². The maximum Gasteiger partial charge on any atom is 0.160 e. The van der Waals surface area contributed by atoms with Crippen molar-refractivity contribution in [3.8, 4) is 0 Å². The van der Waals surface area contributed by atoms with Crippen molar-refractivity contribution in [2.24, 2.45) is 0 Å². The average molecular weight is 242 g/mol. The van der Waals surface area contributed by atoms with E-state index in [4.69, 9.17) is 11.6 Å². The van der Waals surface area contributed by atoms with E-state index < -0.39 is 0 Å². The minimum Gasteiger partial charge on any atom is -0.259 e. The molecular weight excluding hydrogens is 229 g/mol. The molecule has 2 rings (SSSR count). The smallest absolute Gasteiger partial charge is 0.160 e. The van der Waals surface area contributed by atoms with Crippen molar-refractivity contribution in [3.05, 3.63) is 22.2 Å². The van der Waals surface area contributed by atoms with E-state index in [9.17, 15) is 4.39 Å². The molecule has 0 radical (unpaired) electrons. The highest BCUT2D eigenvalue weighted by molar-refractivity contribution is 6.34. The molecule has 0 aliphatic carbocycles. The summed E-state index contributed by atoms with van der Waals surface area (Å²) in [4.78, 5) is 4.09. The molecule has 0 unspecified atom stereocenters. The van der Waals surface area contributed by atoms with Crippen LogP contribution in [0.3, 0.4) is 0 Å². The first-order valence-electron chi connectivity index (χ1n) is 5.02. The van der Waals surface area contributed by atoms with Gasteiger partial charge >= 0.3 is 0 Å². The standard InChI is InChI=1S/C11H13ClFN3/c1-5-8(13)7(11(2,3)4)6-9(12)15-16-10(6)14-5/h1-4H3,(H,14,15,16). The number of aryl methyl sites for hydroxylation is 1. The molecule has 2 heterocycles. The first kappa shape index (κ1) is 11.3. The molecule has 2 aromatic rings. The molecule has 0 saturated heterocycles. The molecule has 0 aliphatic heterocycles. The Bertz CT molecular complexity index is 554. The van der Waals surface area contributed by atoms with Gasteiger partial charge in [-0.3, -0.25) is 5.10 Å². The Labute approximate surface area is 98.0 Å². The third-order valence-electron chi connectivity index (χ3n) is 2.52. The van der Waals surface area contributed by atoms with Crippen LogP contribution in [0.25, 0.3) is 11.0 Å². The summed E-state index contributed by atoms with van der Waals surface area (Å²) in [7, 11) is 0. The van der Waals surface area contributed by atoms with Crippen LogP contribution in [-0.2, 0) is 5.41 Å². The maximum atomic E-state index is 14.1. The summed E-state index contributed by atoms with van der Waals surface area (Å²) in [6.45, 7) is 7.45. The van der Waals surface area contributed by atoms with Crippen molar-refractivity contribution >= 4 is 22.6 Å². The van der Waals surface area contributed by atoms with Gasteiger partial charge in [-0.15, -0.1) is 0 Å². The first-order valence-corrected chi connectivity index (χ1v) is 5.40. The Morgan fingerprint density at radius 3 is 2.50 bits per heavy atom. The van der Waals surface area contributed by atoms with Gasteiger partial charge < -0.3 is 0 Å². The fourth-order valence-electron chi connectivity index (χ4n) is 1.83. The second kappa shape index (κ2) is 3.42. The van der Waals surface area contributed by atoms with Gasteiger partial charge in [-0.25, -0.2) is 9.37 Å². The Kier molecular flexibility index (Phi) is 2.42. The molecule has 0 spiro atoms. The highest BCUT2D eigenvalue weighted by Crippen LogP contribution is 2.35. The van der Waals surface area contributed by atoms with E-state index in [0.29, 0.717) is 22.3 Å². The number of aromatic amines is 1. The summed E-state index contributed by atoms with van der Waals surface area (Å²) in [5, 5.41) is 7.42. The Hall–Kier alpha value is -1.16. The maximum absolute atomic E-state index is 14.1. The highest BCUT2D eigenvalue weighted by Gasteiger charge is 2.26. The summed E-state index contributed by atoms with van der Waals surface area (Å²) in [5.41, 5.74) is 1.11. The highest BCUT2D eigenvalue weighted by atomic mass is 35.5. The molecule has 0 bridgehead atoms. The fourth-order valence-corrected chi connectivity index (χ4v) is 2.05. The molecule has 0 aliphatic rings. The lowest BCUT2D eigenvalue weighted by molar-refractivity contribution is 0.520. The van der Waals surface area contributed by atoms with Crippen LogP contribution in [0.4, 0.5) is 4.39 Å². The number of hydrogen-bond acceptors (Lipinski definition) is 2. The molecule has 0 aromatic carbocycles. The number of H-pyrrole nitrogens is 1. The second-order valence-electron chi connectivity index (χ2n) is 4.87. The van der Waals surface area contributed by atoms with Gasteiger partial charge in [0.15, 0.2) is 10.8 Å². The number of aromatic nitrogens is 3. The zero-order valence-corrected chi connectivity index (χ0v) is 10.4. The Morgan fingerprint density at radius 1 is 1.31 bits per heavy atom. The number of halogens is 2. The Balaban J connectivity index is 2.97. The summed E-state index contributed by atoms with van der Waals surface area (Å²) < 4.78 is 14.1.